The fraction of sp³-hybridized carbons (Fsp3) is 0.571. The van der Waals surface area contributed by atoms with Crippen molar-refractivity contribution in [3.8, 4) is 0 Å². The van der Waals surface area contributed by atoms with Gasteiger partial charge in [-0.15, -0.1) is 0 Å². The highest BCUT2D eigenvalue weighted by atomic mass is 19.1. The molecule has 0 spiro atoms. The molecule has 0 saturated heterocycles. The van der Waals surface area contributed by atoms with Crippen LogP contribution in [0.1, 0.15) is 32.8 Å². The fourth-order valence-corrected chi connectivity index (χ4v) is 2.21. The molecule has 0 aliphatic heterocycles. The molecule has 0 aromatic heterocycles. The van der Waals surface area contributed by atoms with E-state index >= 15 is 0 Å². The maximum atomic E-state index is 13.3. The van der Waals surface area contributed by atoms with Gasteiger partial charge in [-0.25, -0.2) is 4.39 Å². The molecule has 17 heavy (non-hydrogen) atoms. The lowest BCUT2D eigenvalue weighted by atomic mass is 9.91. The molecular weight excluding hydrogens is 217 g/mol. The Balaban J connectivity index is 2.86. The number of hydrogen-bond donors (Lipinski definition) is 2. The van der Waals surface area contributed by atoms with Gasteiger partial charge in [0.05, 0.1) is 12.1 Å². The minimum absolute atomic E-state index is 0.0285. The van der Waals surface area contributed by atoms with E-state index in [1.807, 2.05) is 19.9 Å². The largest absolute Gasteiger partial charge is 0.394 e. The van der Waals surface area contributed by atoms with Crippen molar-refractivity contribution in [1.82, 2.24) is 0 Å². The molecule has 1 aromatic carbocycles. The van der Waals surface area contributed by atoms with Gasteiger partial charge in [0, 0.05) is 5.69 Å². The summed E-state index contributed by atoms with van der Waals surface area (Å²) in [5.41, 5.74) is 1.19. The maximum absolute atomic E-state index is 13.3. The van der Waals surface area contributed by atoms with Crippen molar-refractivity contribution in [2.24, 2.45) is 5.92 Å². The van der Waals surface area contributed by atoms with Gasteiger partial charge in [0.15, 0.2) is 0 Å². The van der Waals surface area contributed by atoms with Crippen LogP contribution in [0.4, 0.5) is 10.1 Å². The molecule has 0 radical (unpaired) electrons. The van der Waals surface area contributed by atoms with Crippen LogP contribution in [-0.2, 0) is 0 Å². The van der Waals surface area contributed by atoms with Crippen LogP contribution < -0.4 is 5.32 Å². The lowest BCUT2D eigenvalue weighted by Crippen LogP contribution is -2.40. The molecule has 1 aromatic rings. The van der Waals surface area contributed by atoms with Crippen molar-refractivity contribution in [2.45, 2.75) is 39.7 Å². The summed E-state index contributed by atoms with van der Waals surface area (Å²) in [4.78, 5) is 0. The van der Waals surface area contributed by atoms with Gasteiger partial charge in [0.2, 0.25) is 0 Å². The highest BCUT2D eigenvalue weighted by Gasteiger charge is 2.24. The summed E-state index contributed by atoms with van der Waals surface area (Å²) in [6.07, 6.45) is 0.832. The van der Waals surface area contributed by atoms with Crippen LogP contribution in [-0.4, -0.2) is 17.3 Å². The number of nitrogens with one attached hydrogen (secondary N) is 1. The first-order valence-corrected chi connectivity index (χ1v) is 6.01. The Morgan fingerprint density at radius 3 is 2.47 bits per heavy atom. The predicted octanol–water partition coefficient (Wildman–Crippen LogP) is 3.34. The van der Waals surface area contributed by atoms with Gasteiger partial charge in [-0.1, -0.05) is 13.8 Å². The molecular formula is C14H22FNO. The molecule has 0 aliphatic rings. The Labute approximate surface area is 103 Å². The van der Waals surface area contributed by atoms with Crippen LogP contribution in [0, 0.1) is 18.7 Å². The van der Waals surface area contributed by atoms with Crippen LogP contribution in [0.3, 0.4) is 0 Å². The van der Waals surface area contributed by atoms with Crippen molar-refractivity contribution in [3.63, 3.8) is 0 Å². The van der Waals surface area contributed by atoms with Crippen LogP contribution in [0.15, 0.2) is 18.2 Å². The summed E-state index contributed by atoms with van der Waals surface area (Å²) < 4.78 is 13.3. The first-order valence-electron chi connectivity index (χ1n) is 6.01. The third-order valence-electron chi connectivity index (χ3n) is 2.70. The first kappa shape index (κ1) is 14.0. The number of rotatable bonds is 5. The molecule has 2 nitrogen and oxygen atoms in total. The quantitative estimate of drug-likeness (QED) is 0.826. The summed E-state index contributed by atoms with van der Waals surface area (Å²) in [5, 5.41) is 12.7. The Kier molecular flexibility index (Phi) is 4.52. The van der Waals surface area contributed by atoms with E-state index in [4.69, 9.17) is 0 Å². The highest BCUT2D eigenvalue weighted by molar-refractivity contribution is 5.48. The first-order chi connectivity index (χ1) is 7.84. The summed E-state index contributed by atoms with van der Waals surface area (Å²) in [5.74, 6) is 0.214. The minimum Gasteiger partial charge on any atom is -0.394 e. The summed E-state index contributed by atoms with van der Waals surface area (Å²) >= 11 is 0. The van der Waals surface area contributed by atoms with Crippen molar-refractivity contribution in [2.75, 3.05) is 11.9 Å². The minimum atomic E-state index is -0.408. The number of aliphatic hydroxyl groups is 1. The number of halogens is 1. The smallest absolute Gasteiger partial charge is 0.125 e. The van der Waals surface area contributed by atoms with Gasteiger partial charge in [-0.05, 0) is 49.9 Å². The molecule has 0 heterocycles. The predicted molar refractivity (Wildman–Crippen MR) is 69.7 cm³/mol. The normalized spacial score (nSPS) is 14.8. The lowest BCUT2D eigenvalue weighted by Gasteiger charge is -2.31. The molecule has 0 fully saturated rings. The van der Waals surface area contributed by atoms with Gasteiger partial charge in [-0.2, -0.15) is 0 Å². The summed E-state index contributed by atoms with van der Waals surface area (Å²) in [6, 6.07) is 4.84. The Hall–Kier alpha value is -1.09. The third-order valence-corrected chi connectivity index (χ3v) is 2.70. The number of benzene rings is 1. The van der Waals surface area contributed by atoms with Gasteiger partial charge in [0.25, 0.3) is 0 Å². The van der Waals surface area contributed by atoms with E-state index in [0.29, 0.717) is 5.92 Å². The van der Waals surface area contributed by atoms with Crippen molar-refractivity contribution >= 4 is 5.69 Å². The number of aryl methyl sites for hydroxylation is 1. The maximum Gasteiger partial charge on any atom is 0.125 e. The molecule has 1 unspecified atom stereocenters. The van der Waals surface area contributed by atoms with Crippen molar-refractivity contribution in [3.05, 3.63) is 29.6 Å². The topological polar surface area (TPSA) is 32.3 Å². The van der Waals surface area contributed by atoms with E-state index in [1.165, 1.54) is 12.1 Å². The molecule has 0 bridgehead atoms. The van der Waals surface area contributed by atoms with E-state index in [-0.39, 0.29) is 12.4 Å². The van der Waals surface area contributed by atoms with E-state index in [1.54, 1.807) is 0 Å². The second-order valence-corrected chi connectivity index (χ2v) is 5.46. The standard InChI is InChI=1S/C14H22FNO/c1-10(2)8-14(4,9-17)16-13-6-11(3)5-12(15)7-13/h5-7,10,16-17H,8-9H2,1-4H3. The summed E-state index contributed by atoms with van der Waals surface area (Å²) in [6.45, 7) is 8.04. The van der Waals surface area contributed by atoms with E-state index in [9.17, 15) is 9.50 Å². The molecule has 96 valence electrons. The average molecular weight is 239 g/mol. The number of hydrogen-bond acceptors (Lipinski definition) is 2. The second kappa shape index (κ2) is 5.50. The van der Waals surface area contributed by atoms with Gasteiger partial charge in [-0.3, -0.25) is 0 Å². The van der Waals surface area contributed by atoms with Crippen molar-refractivity contribution < 1.29 is 9.50 Å². The zero-order valence-corrected chi connectivity index (χ0v) is 11.0. The van der Waals surface area contributed by atoms with Gasteiger partial charge >= 0.3 is 0 Å². The van der Waals surface area contributed by atoms with E-state index in [0.717, 1.165) is 17.7 Å². The molecule has 2 N–H and O–H groups in total. The molecule has 1 atom stereocenters. The van der Waals surface area contributed by atoms with Crippen LogP contribution in [0.25, 0.3) is 0 Å². The third kappa shape index (κ3) is 4.35. The van der Waals surface area contributed by atoms with E-state index < -0.39 is 5.54 Å². The lowest BCUT2D eigenvalue weighted by molar-refractivity contribution is 0.202. The molecule has 3 heteroatoms. The number of anilines is 1. The molecule has 0 aliphatic carbocycles. The second-order valence-electron chi connectivity index (χ2n) is 5.46. The SMILES string of the molecule is Cc1cc(F)cc(NC(C)(CO)CC(C)C)c1. The van der Waals surface area contributed by atoms with Crippen LogP contribution in [0.2, 0.25) is 0 Å². The van der Waals surface area contributed by atoms with Crippen LogP contribution in [0.5, 0.6) is 0 Å². The number of aliphatic hydroxyl groups excluding tert-OH is 1. The summed E-state index contributed by atoms with van der Waals surface area (Å²) in [7, 11) is 0. The Bertz CT molecular complexity index is 358. The fourth-order valence-electron chi connectivity index (χ4n) is 2.21. The Morgan fingerprint density at radius 1 is 1.35 bits per heavy atom. The van der Waals surface area contributed by atoms with Crippen molar-refractivity contribution in [1.29, 1.82) is 0 Å². The molecule has 0 saturated carbocycles. The van der Waals surface area contributed by atoms with Gasteiger partial charge in [0.1, 0.15) is 5.82 Å². The monoisotopic (exact) mass is 239 g/mol. The average Bonchev–Trinajstić information content (AvgIpc) is 2.14. The zero-order chi connectivity index (χ0) is 13.1. The Morgan fingerprint density at radius 2 is 2.00 bits per heavy atom. The highest BCUT2D eigenvalue weighted by Crippen LogP contribution is 2.23. The van der Waals surface area contributed by atoms with Gasteiger partial charge < -0.3 is 10.4 Å². The van der Waals surface area contributed by atoms with E-state index in [2.05, 4.69) is 19.2 Å². The molecule has 0 amide bonds. The van der Waals surface area contributed by atoms with Crippen LogP contribution >= 0.6 is 0 Å². The zero-order valence-electron chi connectivity index (χ0n) is 11.0. The molecule has 1 rings (SSSR count).